The number of carbonyl (C=O) groups excluding carboxylic acids is 2. The molecule has 8 heteroatoms. The van der Waals surface area contributed by atoms with Crippen LogP contribution >= 0.6 is 0 Å². The van der Waals surface area contributed by atoms with E-state index in [0.717, 1.165) is 42.5 Å². The first-order chi connectivity index (χ1) is 18.7. The molecule has 1 atom stereocenters. The minimum Gasteiger partial charge on any atom is -0.497 e. The molecule has 0 saturated heterocycles. The molecule has 1 aromatic heterocycles. The fourth-order valence-corrected chi connectivity index (χ4v) is 5.31. The average Bonchev–Trinajstić information content (AvgIpc) is 3.33. The van der Waals surface area contributed by atoms with E-state index >= 15 is 0 Å². The topological polar surface area (TPSA) is 89.4 Å². The summed E-state index contributed by atoms with van der Waals surface area (Å²) in [6.07, 6.45) is 3.96. The molecule has 0 saturated carbocycles. The predicted molar refractivity (Wildman–Crippen MR) is 152 cm³/mol. The number of hydrogen-bond donors (Lipinski definition) is 1. The Kier molecular flexibility index (Phi) is 7.37. The van der Waals surface area contributed by atoms with Crippen LogP contribution in [0.15, 0.2) is 66.7 Å². The van der Waals surface area contributed by atoms with Crippen molar-refractivity contribution in [3.05, 3.63) is 83.4 Å². The summed E-state index contributed by atoms with van der Waals surface area (Å²) in [5, 5.41) is 11.6. The third kappa shape index (κ3) is 5.65. The normalized spacial score (nSPS) is 13.9. The Balaban J connectivity index is 1.67. The van der Waals surface area contributed by atoms with Gasteiger partial charge in [-0.1, -0.05) is 41.6 Å². The van der Waals surface area contributed by atoms with Gasteiger partial charge in [0.05, 0.1) is 12.6 Å². The molecule has 0 bridgehead atoms. The third-order valence-corrected chi connectivity index (χ3v) is 7.02. The number of carbonyl (C=O) groups is 2. The van der Waals surface area contributed by atoms with E-state index in [2.05, 4.69) is 21.7 Å². The van der Waals surface area contributed by atoms with Gasteiger partial charge in [-0.25, -0.2) is 4.68 Å². The van der Waals surface area contributed by atoms with E-state index in [1.54, 1.807) is 16.7 Å². The number of amides is 2. The van der Waals surface area contributed by atoms with Crippen molar-refractivity contribution in [3.63, 3.8) is 0 Å². The van der Waals surface area contributed by atoms with Crippen molar-refractivity contribution in [2.75, 3.05) is 12.0 Å². The molecule has 2 amide bonds. The number of rotatable bonds is 7. The van der Waals surface area contributed by atoms with Gasteiger partial charge >= 0.3 is 0 Å². The first-order valence-electron chi connectivity index (χ1n) is 13.4. The maximum Gasteiger partial charge on any atom is 0.249 e. The van der Waals surface area contributed by atoms with Crippen LogP contribution in [0.1, 0.15) is 56.3 Å². The van der Waals surface area contributed by atoms with Crippen LogP contribution in [0, 0.1) is 0 Å². The second-order valence-electron chi connectivity index (χ2n) is 11.0. The predicted octanol–water partition coefficient (Wildman–Crippen LogP) is 5.01. The molecule has 0 radical (unpaired) electrons. The number of hydrogen-bond acceptors (Lipinski definition) is 5. The number of methoxy groups -OCH3 is 1. The van der Waals surface area contributed by atoms with Gasteiger partial charge in [-0.2, -0.15) is 0 Å². The Bertz CT molecular complexity index is 1500. The van der Waals surface area contributed by atoms with Gasteiger partial charge in [-0.3, -0.25) is 14.5 Å². The van der Waals surface area contributed by atoms with Crippen LogP contribution in [0.2, 0.25) is 0 Å². The van der Waals surface area contributed by atoms with Crippen molar-refractivity contribution in [3.8, 4) is 5.75 Å². The van der Waals surface area contributed by atoms with Crippen LogP contribution in [0.3, 0.4) is 0 Å². The third-order valence-electron chi connectivity index (χ3n) is 7.02. The van der Waals surface area contributed by atoms with E-state index in [0.29, 0.717) is 16.8 Å². The second-order valence-corrected chi connectivity index (χ2v) is 11.0. The van der Waals surface area contributed by atoms with E-state index in [1.165, 1.54) is 5.56 Å². The van der Waals surface area contributed by atoms with Gasteiger partial charge < -0.3 is 10.1 Å². The lowest BCUT2D eigenvalue weighted by Gasteiger charge is -2.36. The van der Waals surface area contributed by atoms with Crippen molar-refractivity contribution < 1.29 is 14.3 Å². The summed E-state index contributed by atoms with van der Waals surface area (Å²) in [4.78, 5) is 30.1. The van der Waals surface area contributed by atoms with Crippen molar-refractivity contribution in [2.45, 2.75) is 64.6 Å². The van der Waals surface area contributed by atoms with E-state index in [1.807, 2.05) is 81.4 Å². The van der Waals surface area contributed by atoms with E-state index in [4.69, 9.17) is 4.74 Å². The average molecular weight is 526 g/mol. The summed E-state index contributed by atoms with van der Waals surface area (Å²) in [5.41, 5.74) is 4.75. The molecule has 1 aliphatic carbocycles. The van der Waals surface area contributed by atoms with Crippen molar-refractivity contribution in [2.24, 2.45) is 0 Å². The van der Waals surface area contributed by atoms with Gasteiger partial charge in [0.15, 0.2) is 0 Å². The molecule has 5 rings (SSSR count). The summed E-state index contributed by atoms with van der Waals surface area (Å²) < 4.78 is 7.10. The maximum absolute atomic E-state index is 14.4. The minimum atomic E-state index is -0.921. The van der Waals surface area contributed by atoms with Crippen LogP contribution in [-0.2, 0) is 29.0 Å². The number of ether oxygens (including phenoxy) is 1. The molecule has 3 aromatic carbocycles. The minimum absolute atomic E-state index is 0.0621. The Morgan fingerprint density at radius 1 is 1.03 bits per heavy atom. The zero-order valence-electron chi connectivity index (χ0n) is 23.0. The Morgan fingerprint density at radius 3 is 2.59 bits per heavy atom. The SMILES string of the molecule is COc1cccc(C(C(=O)NC(C)(C)C)N(C(=O)Cn2nnc3ccccc32)c2cccc3c2CCCC3)c1. The molecule has 1 aliphatic rings. The van der Waals surface area contributed by atoms with Crippen molar-refractivity contribution in [1.29, 1.82) is 0 Å². The molecule has 202 valence electrons. The van der Waals surface area contributed by atoms with Crippen LogP contribution < -0.4 is 15.0 Å². The lowest BCUT2D eigenvalue weighted by atomic mass is 9.89. The van der Waals surface area contributed by atoms with Crippen LogP contribution in [0.5, 0.6) is 5.75 Å². The van der Waals surface area contributed by atoms with Gasteiger partial charge in [0.1, 0.15) is 23.9 Å². The highest BCUT2D eigenvalue weighted by molar-refractivity contribution is 6.02. The number of anilines is 1. The highest BCUT2D eigenvalue weighted by atomic mass is 16.5. The molecule has 8 nitrogen and oxygen atoms in total. The maximum atomic E-state index is 14.4. The number of nitrogens with zero attached hydrogens (tertiary/aromatic N) is 4. The van der Waals surface area contributed by atoms with E-state index in [-0.39, 0.29) is 18.4 Å². The van der Waals surface area contributed by atoms with E-state index < -0.39 is 11.6 Å². The lowest BCUT2D eigenvalue weighted by molar-refractivity contribution is -0.128. The standard InChI is InChI=1S/C31H35N5O3/c1-31(2,3)32-30(38)29(22-13-9-14-23(19-22)39-4)36(26-18-10-12-21-11-5-6-15-24(21)26)28(37)20-35-27-17-8-7-16-25(27)33-34-35/h7-10,12-14,16-19,29H,5-6,11,15,20H2,1-4H3,(H,32,38). The molecule has 1 unspecified atom stereocenters. The van der Waals surface area contributed by atoms with Gasteiger partial charge in [-0.05, 0) is 93.5 Å². The number of nitrogens with one attached hydrogen (secondary N) is 1. The number of fused-ring (bicyclic) bond motifs is 2. The first kappa shape index (κ1) is 26.4. The molecule has 0 fully saturated rings. The Labute approximate surface area is 229 Å². The van der Waals surface area contributed by atoms with Gasteiger partial charge in [-0.15, -0.1) is 5.10 Å². The summed E-state index contributed by atoms with van der Waals surface area (Å²) in [5.74, 6) is 0.105. The highest BCUT2D eigenvalue weighted by Crippen LogP contribution is 2.37. The van der Waals surface area contributed by atoms with Crippen LogP contribution in [0.4, 0.5) is 5.69 Å². The Morgan fingerprint density at radius 2 is 1.79 bits per heavy atom. The zero-order valence-corrected chi connectivity index (χ0v) is 23.0. The van der Waals surface area contributed by atoms with Crippen LogP contribution in [0.25, 0.3) is 11.0 Å². The lowest BCUT2D eigenvalue weighted by Crippen LogP contribution is -2.50. The monoisotopic (exact) mass is 525 g/mol. The fourth-order valence-electron chi connectivity index (χ4n) is 5.31. The molecule has 0 aliphatic heterocycles. The summed E-state index contributed by atoms with van der Waals surface area (Å²) in [7, 11) is 1.59. The number of para-hydroxylation sites is 1. The largest absolute Gasteiger partial charge is 0.497 e. The summed E-state index contributed by atoms with van der Waals surface area (Å²) >= 11 is 0. The molecule has 39 heavy (non-hydrogen) atoms. The second kappa shape index (κ2) is 10.9. The summed E-state index contributed by atoms with van der Waals surface area (Å²) in [6.45, 7) is 5.75. The van der Waals surface area contributed by atoms with Crippen molar-refractivity contribution >= 4 is 28.5 Å². The molecular formula is C31H35N5O3. The Hall–Kier alpha value is -4.20. The molecule has 0 spiro atoms. The number of aromatic nitrogens is 3. The molecule has 1 N–H and O–H groups in total. The molecule has 1 heterocycles. The van der Waals surface area contributed by atoms with Gasteiger partial charge in [0.25, 0.3) is 0 Å². The fraction of sp³-hybridized carbons (Fsp3) is 0.355. The van der Waals surface area contributed by atoms with Gasteiger partial charge in [0, 0.05) is 11.2 Å². The smallest absolute Gasteiger partial charge is 0.249 e. The zero-order chi connectivity index (χ0) is 27.6. The number of aryl methyl sites for hydroxylation is 1. The van der Waals surface area contributed by atoms with Gasteiger partial charge in [0.2, 0.25) is 11.8 Å². The molecular weight excluding hydrogens is 490 g/mol. The quantitative estimate of drug-likeness (QED) is 0.367. The number of benzene rings is 3. The first-order valence-corrected chi connectivity index (χ1v) is 13.4. The molecule has 4 aromatic rings. The van der Waals surface area contributed by atoms with Crippen molar-refractivity contribution in [1.82, 2.24) is 20.3 Å². The van der Waals surface area contributed by atoms with E-state index in [9.17, 15) is 9.59 Å². The highest BCUT2D eigenvalue weighted by Gasteiger charge is 2.36. The summed E-state index contributed by atoms with van der Waals surface area (Å²) in [6, 6.07) is 20.1. The van der Waals surface area contributed by atoms with Crippen LogP contribution in [-0.4, -0.2) is 39.5 Å².